The first-order valence-electron chi connectivity index (χ1n) is 13.3. The van der Waals surface area contributed by atoms with Gasteiger partial charge in [-0.05, 0) is 68.9 Å². The quantitative estimate of drug-likeness (QED) is 0.597. The van der Waals surface area contributed by atoms with Gasteiger partial charge >= 0.3 is 6.18 Å². The Labute approximate surface area is 211 Å². The molecule has 2 unspecified atom stereocenters. The van der Waals surface area contributed by atoms with Gasteiger partial charge in [0.2, 0.25) is 5.91 Å². The molecule has 5 rings (SSSR count). The maximum absolute atomic E-state index is 14.2. The SMILES string of the molecule is COC1COCCC1C[C@@H]1C[C@H]2CN(C(C)C)C[C@@]2(C(=O)N2CCc3ncc(C(F)(F)F)cc3C2)C1. The topological polar surface area (TPSA) is 54.9 Å². The number of pyridine rings is 1. The Morgan fingerprint density at radius 3 is 2.89 bits per heavy atom. The molecular formula is C27H38F3N3O3. The Morgan fingerprint density at radius 2 is 2.17 bits per heavy atom. The van der Waals surface area contributed by atoms with Crippen LogP contribution in [0, 0.1) is 23.2 Å². The Hall–Kier alpha value is -1.71. The first-order valence-corrected chi connectivity index (χ1v) is 13.3. The third kappa shape index (κ3) is 4.78. The molecule has 1 aromatic rings. The van der Waals surface area contributed by atoms with Crippen LogP contribution < -0.4 is 0 Å². The van der Waals surface area contributed by atoms with E-state index in [9.17, 15) is 18.0 Å². The van der Waals surface area contributed by atoms with E-state index < -0.39 is 17.2 Å². The number of alkyl halides is 3. The molecule has 1 aliphatic carbocycles. The maximum atomic E-state index is 14.2. The molecule has 1 aromatic heterocycles. The van der Waals surface area contributed by atoms with Crippen LogP contribution >= 0.6 is 0 Å². The molecule has 4 heterocycles. The van der Waals surface area contributed by atoms with E-state index in [-0.39, 0.29) is 24.5 Å². The van der Waals surface area contributed by atoms with E-state index in [1.807, 2.05) is 4.90 Å². The molecular weight excluding hydrogens is 471 g/mol. The fourth-order valence-electron chi connectivity index (χ4n) is 7.23. The smallest absolute Gasteiger partial charge is 0.379 e. The lowest BCUT2D eigenvalue weighted by molar-refractivity contribution is -0.144. The molecule has 9 heteroatoms. The van der Waals surface area contributed by atoms with Crippen LogP contribution in [0.1, 0.15) is 56.4 Å². The number of carbonyl (C=O) groups is 1. The number of fused-ring (bicyclic) bond motifs is 2. The number of hydrogen-bond donors (Lipinski definition) is 0. The summed E-state index contributed by atoms with van der Waals surface area (Å²) in [6.07, 6.45) is 0.955. The van der Waals surface area contributed by atoms with E-state index in [0.29, 0.717) is 48.7 Å². The summed E-state index contributed by atoms with van der Waals surface area (Å²) in [7, 11) is 1.74. The van der Waals surface area contributed by atoms with Crippen molar-refractivity contribution >= 4 is 5.91 Å². The predicted molar refractivity (Wildman–Crippen MR) is 128 cm³/mol. The Morgan fingerprint density at radius 1 is 1.36 bits per heavy atom. The fourth-order valence-corrected chi connectivity index (χ4v) is 7.23. The molecule has 6 nitrogen and oxygen atoms in total. The summed E-state index contributed by atoms with van der Waals surface area (Å²) in [4.78, 5) is 22.5. The number of carbonyl (C=O) groups excluding carboxylic acids is 1. The van der Waals surface area contributed by atoms with E-state index in [0.717, 1.165) is 51.6 Å². The number of hydrogen-bond acceptors (Lipinski definition) is 5. The van der Waals surface area contributed by atoms with Crippen molar-refractivity contribution in [3.63, 3.8) is 0 Å². The molecule has 2 saturated heterocycles. The van der Waals surface area contributed by atoms with Gasteiger partial charge < -0.3 is 14.4 Å². The van der Waals surface area contributed by atoms with Gasteiger partial charge in [-0.2, -0.15) is 13.2 Å². The average molecular weight is 510 g/mol. The Kier molecular flexibility index (Phi) is 7.11. The molecule has 200 valence electrons. The van der Waals surface area contributed by atoms with Crippen molar-refractivity contribution in [2.24, 2.45) is 23.2 Å². The van der Waals surface area contributed by atoms with Crippen molar-refractivity contribution in [2.75, 3.05) is 40.0 Å². The van der Waals surface area contributed by atoms with Gasteiger partial charge in [-0.1, -0.05) is 0 Å². The summed E-state index contributed by atoms with van der Waals surface area (Å²) in [5, 5.41) is 0. The van der Waals surface area contributed by atoms with Crippen molar-refractivity contribution in [1.29, 1.82) is 0 Å². The largest absolute Gasteiger partial charge is 0.417 e. The zero-order valence-electron chi connectivity index (χ0n) is 21.5. The molecule has 3 fully saturated rings. The lowest BCUT2D eigenvalue weighted by Gasteiger charge is -2.38. The lowest BCUT2D eigenvalue weighted by Crippen LogP contribution is -2.49. The maximum Gasteiger partial charge on any atom is 0.417 e. The van der Waals surface area contributed by atoms with Crippen molar-refractivity contribution in [2.45, 2.75) is 70.8 Å². The first kappa shape index (κ1) is 25.9. The number of amides is 1. The highest BCUT2D eigenvalue weighted by Gasteiger charge is 2.59. The van der Waals surface area contributed by atoms with E-state index in [2.05, 4.69) is 23.7 Å². The van der Waals surface area contributed by atoms with Crippen molar-refractivity contribution in [3.8, 4) is 0 Å². The second-order valence-corrected chi connectivity index (χ2v) is 11.6. The number of nitrogens with zero attached hydrogens (tertiary/aromatic N) is 3. The van der Waals surface area contributed by atoms with Crippen LogP contribution in [0.5, 0.6) is 0 Å². The van der Waals surface area contributed by atoms with Crippen LogP contribution in [0.4, 0.5) is 13.2 Å². The molecule has 1 saturated carbocycles. The van der Waals surface area contributed by atoms with E-state index in [4.69, 9.17) is 9.47 Å². The summed E-state index contributed by atoms with van der Waals surface area (Å²) in [6, 6.07) is 1.53. The molecule has 0 bridgehead atoms. The molecule has 5 atom stereocenters. The van der Waals surface area contributed by atoms with Crippen LogP contribution in [0.25, 0.3) is 0 Å². The summed E-state index contributed by atoms with van der Waals surface area (Å²) in [5.41, 5.74) is -0.0139. The molecule has 0 radical (unpaired) electrons. The average Bonchev–Trinajstić information content (AvgIpc) is 3.38. The third-order valence-electron chi connectivity index (χ3n) is 9.18. The van der Waals surface area contributed by atoms with Gasteiger partial charge in [-0.25, -0.2) is 0 Å². The van der Waals surface area contributed by atoms with Crippen LogP contribution in [0.15, 0.2) is 12.3 Å². The second-order valence-electron chi connectivity index (χ2n) is 11.6. The third-order valence-corrected chi connectivity index (χ3v) is 9.18. The molecule has 3 aliphatic heterocycles. The van der Waals surface area contributed by atoms with Gasteiger partial charge in [0.05, 0.1) is 23.7 Å². The van der Waals surface area contributed by atoms with Crippen LogP contribution in [-0.2, 0) is 33.4 Å². The molecule has 0 N–H and O–H groups in total. The predicted octanol–water partition coefficient (Wildman–Crippen LogP) is 4.16. The van der Waals surface area contributed by atoms with E-state index in [1.165, 1.54) is 6.07 Å². The normalized spacial score (nSPS) is 33.1. The van der Waals surface area contributed by atoms with Gasteiger partial charge in [0, 0.05) is 64.2 Å². The monoisotopic (exact) mass is 509 g/mol. The summed E-state index contributed by atoms with van der Waals surface area (Å²) in [5.74, 6) is 1.29. The highest BCUT2D eigenvalue weighted by atomic mass is 19.4. The van der Waals surface area contributed by atoms with Crippen LogP contribution in [0.3, 0.4) is 0 Å². The molecule has 36 heavy (non-hydrogen) atoms. The summed E-state index contributed by atoms with van der Waals surface area (Å²) < 4.78 is 51.2. The van der Waals surface area contributed by atoms with Crippen LogP contribution in [0.2, 0.25) is 0 Å². The minimum atomic E-state index is -4.44. The van der Waals surface area contributed by atoms with Gasteiger partial charge in [-0.3, -0.25) is 14.7 Å². The zero-order chi connectivity index (χ0) is 25.7. The number of methoxy groups -OCH3 is 1. The van der Waals surface area contributed by atoms with Gasteiger partial charge in [0.1, 0.15) is 0 Å². The Balaban J connectivity index is 1.36. The lowest BCUT2D eigenvalue weighted by atomic mass is 9.78. The highest BCUT2D eigenvalue weighted by Crippen LogP contribution is 2.55. The van der Waals surface area contributed by atoms with Gasteiger partial charge in [-0.15, -0.1) is 0 Å². The van der Waals surface area contributed by atoms with Crippen molar-refractivity contribution in [1.82, 2.24) is 14.8 Å². The Bertz CT molecular complexity index is 971. The molecule has 4 aliphatic rings. The zero-order valence-corrected chi connectivity index (χ0v) is 21.5. The summed E-state index contributed by atoms with van der Waals surface area (Å²) in [6.45, 7) is 8.08. The fraction of sp³-hybridized carbons (Fsp3) is 0.778. The number of halogens is 3. The molecule has 0 spiro atoms. The molecule has 1 amide bonds. The first-order chi connectivity index (χ1) is 17.1. The van der Waals surface area contributed by atoms with Gasteiger partial charge in [0.25, 0.3) is 0 Å². The number of likely N-dealkylation sites (tertiary alicyclic amines) is 1. The standard InChI is InChI=1S/C27H38F3N3O3/c1-17(2)33-14-22-9-18(8-19-5-7-36-15-24(19)35-3)11-26(22,16-33)25(34)32-6-4-23-20(13-32)10-21(12-31-23)27(28,29)30/h10,12,17-19,22,24H,4-9,11,13-16H2,1-3H3/t18-,19?,22+,24?,26+/m1/s1. The van der Waals surface area contributed by atoms with Crippen molar-refractivity contribution in [3.05, 3.63) is 29.1 Å². The van der Waals surface area contributed by atoms with E-state index in [1.54, 1.807) is 7.11 Å². The van der Waals surface area contributed by atoms with Crippen LogP contribution in [-0.4, -0.2) is 72.8 Å². The van der Waals surface area contributed by atoms with Crippen molar-refractivity contribution < 1.29 is 27.4 Å². The minimum absolute atomic E-state index is 0.104. The summed E-state index contributed by atoms with van der Waals surface area (Å²) >= 11 is 0. The highest BCUT2D eigenvalue weighted by molar-refractivity contribution is 5.84. The van der Waals surface area contributed by atoms with E-state index >= 15 is 0 Å². The van der Waals surface area contributed by atoms with Gasteiger partial charge in [0.15, 0.2) is 0 Å². The number of ether oxygens (including phenoxy) is 2. The number of rotatable bonds is 5. The molecule has 0 aromatic carbocycles. The second kappa shape index (κ2) is 9.87. The number of aromatic nitrogens is 1. The minimum Gasteiger partial charge on any atom is -0.379 e.